The van der Waals surface area contributed by atoms with Gasteiger partial charge >= 0.3 is 0 Å². The van der Waals surface area contributed by atoms with Crippen LogP contribution >= 0.6 is 0 Å². The Balaban J connectivity index is 1.73. The predicted octanol–water partition coefficient (Wildman–Crippen LogP) is 1.54. The smallest absolute Gasteiger partial charge is 0.244 e. The SMILES string of the molecule is Cc1ncn(-c2ccc(NC(=O)C3(C)CC(O)CN3)cc2)c1C. The lowest BCUT2D eigenvalue weighted by atomic mass is 9.98. The highest BCUT2D eigenvalue weighted by molar-refractivity contribution is 5.98. The van der Waals surface area contributed by atoms with E-state index in [0.717, 1.165) is 22.8 Å². The molecule has 1 aromatic heterocycles. The Hall–Kier alpha value is -2.18. The molecule has 1 aliphatic rings. The third-order valence-electron chi connectivity index (χ3n) is 4.53. The minimum Gasteiger partial charge on any atom is -0.392 e. The summed E-state index contributed by atoms with van der Waals surface area (Å²) < 4.78 is 2.01. The van der Waals surface area contributed by atoms with Crippen LogP contribution in [-0.2, 0) is 4.79 Å². The lowest BCUT2D eigenvalue weighted by molar-refractivity contribution is -0.121. The largest absolute Gasteiger partial charge is 0.392 e. The fourth-order valence-electron chi connectivity index (χ4n) is 2.87. The third kappa shape index (κ3) is 3.00. The van der Waals surface area contributed by atoms with Crippen molar-refractivity contribution in [3.8, 4) is 5.69 Å². The van der Waals surface area contributed by atoms with E-state index in [1.807, 2.05) is 49.6 Å². The Labute approximate surface area is 135 Å². The number of amides is 1. The van der Waals surface area contributed by atoms with Crippen LogP contribution in [0.2, 0.25) is 0 Å². The molecular formula is C17H22N4O2. The Kier molecular flexibility index (Phi) is 3.95. The summed E-state index contributed by atoms with van der Waals surface area (Å²) in [7, 11) is 0. The molecule has 1 amide bonds. The fraction of sp³-hybridized carbons (Fsp3) is 0.412. The van der Waals surface area contributed by atoms with Gasteiger partial charge in [0.15, 0.2) is 0 Å². The van der Waals surface area contributed by atoms with E-state index in [1.165, 1.54) is 0 Å². The Morgan fingerprint density at radius 2 is 2.09 bits per heavy atom. The fourth-order valence-corrected chi connectivity index (χ4v) is 2.87. The monoisotopic (exact) mass is 314 g/mol. The van der Waals surface area contributed by atoms with Gasteiger partial charge in [0.05, 0.1) is 23.7 Å². The van der Waals surface area contributed by atoms with Crippen LogP contribution in [0.4, 0.5) is 5.69 Å². The molecule has 23 heavy (non-hydrogen) atoms. The third-order valence-corrected chi connectivity index (χ3v) is 4.53. The molecule has 1 aliphatic heterocycles. The minimum atomic E-state index is -0.726. The zero-order valence-electron chi connectivity index (χ0n) is 13.6. The number of carbonyl (C=O) groups excluding carboxylic acids is 1. The number of carbonyl (C=O) groups is 1. The molecule has 0 radical (unpaired) electrons. The first-order chi connectivity index (χ1) is 10.9. The van der Waals surface area contributed by atoms with Gasteiger partial charge in [0.2, 0.25) is 5.91 Å². The zero-order valence-corrected chi connectivity index (χ0v) is 13.6. The molecule has 1 saturated heterocycles. The van der Waals surface area contributed by atoms with Crippen LogP contribution in [0, 0.1) is 13.8 Å². The summed E-state index contributed by atoms with van der Waals surface area (Å²) in [6.45, 7) is 6.26. The molecule has 2 unspecified atom stereocenters. The van der Waals surface area contributed by atoms with Crippen molar-refractivity contribution >= 4 is 11.6 Å². The molecule has 0 saturated carbocycles. The van der Waals surface area contributed by atoms with Crippen LogP contribution in [0.25, 0.3) is 5.69 Å². The molecule has 0 spiro atoms. The molecule has 1 aromatic carbocycles. The maximum Gasteiger partial charge on any atom is 0.244 e. The molecule has 3 N–H and O–H groups in total. The molecular weight excluding hydrogens is 292 g/mol. The van der Waals surface area contributed by atoms with Crippen molar-refractivity contribution in [1.82, 2.24) is 14.9 Å². The van der Waals surface area contributed by atoms with Crippen LogP contribution in [0.3, 0.4) is 0 Å². The zero-order chi connectivity index (χ0) is 16.6. The van der Waals surface area contributed by atoms with Crippen molar-refractivity contribution in [2.75, 3.05) is 11.9 Å². The summed E-state index contributed by atoms with van der Waals surface area (Å²) in [6, 6.07) is 7.64. The summed E-state index contributed by atoms with van der Waals surface area (Å²) in [5.74, 6) is -0.128. The van der Waals surface area contributed by atoms with Crippen LogP contribution < -0.4 is 10.6 Å². The number of nitrogens with zero attached hydrogens (tertiary/aromatic N) is 2. The van der Waals surface area contributed by atoms with E-state index >= 15 is 0 Å². The average molecular weight is 314 g/mol. The molecule has 6 heteroatoms. The van der Waals surface area contributed by atoms with Crippen LogP contribution in [0.5, 0.6) is 0 Å². The lowest BCUT2D eigenvalue weighted by Crippen LogP contribution is -2.48. The van der Waals surface area contributed by atoms with Crippen LogP contribution in [-0.4, -0.2) is 38.8 Å². The maximum absolute atomic E-state index is 12.4. The number of nitrogens with one attached hydrogen (secondary N) is 2. The quantitative estimate of drug-likeness (QED) is 0.803. The molecule has 2 atom stereocenters. The Morgan fingerprint density at radius 3 is 2.61 bits per heavy atom. The molecule has 0 aliphatic carbocycles. The topological polar surface area (TPSA) is 79.2 Å². The highest BCUT2D eigenvalue weighted by Gasteiger charge is 2.40. The second-order valence-corrected chi connectivity index (χ2v) is 6.36. The van der Waals surface area contributed by atoms with Gasteiger partial charge < -0.3 is 20.3 Å². The van der Waals surface area contributed by atoms with E-state index in [1.54, 1.807) is 6.33 Å². The second kappa shape index (κ2) is 5.79. The van der Waals surface area contributed by atoms with Crippen molar-refractivity contribution in [1.29, 1.82) is 0 Å². The number of aryl methyl sites for hydroxylation is 1. The van der Waals surface area contributed by atoms with E-state index in [2.05, 4.69) is 15.6 Å². The van der Waals surface area contributed by atoms with Crippen LogP contribution in [0.15, 0.2) is 30.6 Å². The second-order valence-electron chi connectivity index (χ2n) is 6.36. The number of hydrogen-bond donors (Lipinski definition) is 3. The molecule has 1 fully saturated rings. The van der Waals surface area contributed by atoms with Crippen molar-refractivity contribution in [2.24, 2.45) is 0 Å². The Morgan fingerprint density at radius 1 is 1.39 bits per heavy atom. The molecule has 0 bridgehead atoms. The lowest BCUT2D eigenvalue weighted by Gasteiger charge is -2.23. The van der Waals surface area contributed by atoms with Crippen molar-refractivity contribution in [3.05, 3.63) is 42.0 Å². The van der Waals surface area contributed by atoms with Gasteiger partial charge in [-0.25, -0.2) is 4.98 Å². The number of aliphatic hydroxyl groups is 1. The van der Waals surface area contributed by atoms with Gasteiger partial charge in [0.1, 0.15) is 0 Å². The molecule has 122 valence electrons. The predicted molar refractivity (Wildman–Crippen MR) is 88.7 cm³/mol. The van der Waals surface area contributed by atoms with Gasteiger partial charge in [-0.05, 0) is 45.0 Å². The van der Waals surface area contributed by atoms with Gasteiger partial charge in [-0.3, -0.25) is 4.79 Å². The van der Waals surface area contributed by atoms with Gasteiger partial charge in [-0.2, -0.15) is 0 Å². The molecule has 6 nitrogen and oxygen atoms in total. The van der Waals surface area contributed by atoms with Gasteiger partial charge in [-0.15, -0.1) is 0 Å². The standard InChI is InChI=1S/C17H22N4O2/c1-11-12(2)21(10-18-11)14-6-4-13(5-7-14)20-16(23)17(3)8-15(22)9-19-17/h4-7,10,15,19,22H,8-9H2,1-3H3,(H,20,23). The highest BCUT2D eigenvalue weighted by atomic mass is 16.3. The first-order valence-corrected chi connectivity index (χ1v) is 7.74. The maximum atomic E-state index is 12.4. The number of anilines is 1. The summed E-state index contributed by atoms with van der Waals surface area (Å²) in [4.78, 5) is 16.7. The van der Waals surface area contributed by atoms with E-state index < -0.39 is 11.6 Å². The summed E-state index contributed by atoms with van der Waals surface area (Å²) in [5, 5.41) is 15.6. The van der Waals surface area contributed by atoms with Gasteiger partial charge in [0, 0.05) is 30.0 Å². The first-order valence-electron chi connectivity index (χ1n) is 7.74. The summed E-state index contributed by atoms with van der Waals surface area (Å²) in [5.41, 5.74) is 3.11. The molecule has 3 rings (SSSR count). The van der Waals surface area contributed by atoms with E-state index in [4.69, 9.17) is 0 Å². The number of hydrogen-bond acceptors (Lipinski definition) is 4. The van der Waals surface area contributed by atoms with Gasteiger partial charge in [-0.1, -0.05) is 0 Å². The number of aliphatic hydroxyl groups excluding tert-OH is 1. The van der Waals surface area contributed by atoms with Crippen molar-refractivity contribution in [2.45, 2.75) is 38.8 Å². The van der Waals surface area contributed by atoms with Crippen LogP contribution in [0.1, 0.15) is 24.7 Å². The minimum absolute atomic E-state index is 0.128. The van der Waals surface area contributed by atoms with Crippen molar-refractivity contribution in [3.63, 3.8) is 0 Å². The number of benzene rings is 1. The molecule has 2 aromatic rings. The van der Waals surface area contributed by atoms with E-state index in [-0.39, 0.29) is 5.91 Å². The Bertz CT molecular complexity index is 723. The summed E-state index contributed by atoms with van der Waals surface area (Å²) >= 11 is 0. The first kappa shape index (κ1) is 15.7. The highest BCUT2D eigenvalue weighted by Crippen LogP contribution is 2.22. The number of β-amino-alcohol motifs (C(OH)–C–C–N with tert-alkyl or cyclic N) is 1. The number of rotatable bonds is 3. The average Bonchev–Trinajstić information content (AvgIpc) is 3.04. The number of imidazole rings is 1. The number of aromatic nitrogens is 2. The normalized spacial score (nSPS) is 23.9. The van der Waals surface area contributed by atoms with Crippen molar-refractivity contribution < 1.29 is 9.90 Å². The van der Waals surface area contributed by atoms with E-state index in [9.17, 15) is 9.90 Å². The van der Waals surface area contributed by atoms with E-state index in [0.29, 0.717) is 13.0 Å². The molecule has 2 heterocycles. The van der Waals surface area contributed by atoms with Gasteiger partial charge in [0.25, 0.3) is 0 Å². The summed E-state index contributed by atoms with van der Waals surface area (Å²) in [6.07, 6.45) is 1.74.